The van der Waals surface area contributed by atoms with Crippen LogP contribution in [0.3, 0.4) is 0 Å². The van der Waals surface area contributed by atoms with Crippen LogP contribution < -0.4 is 9.64 Å². The molecule has 0 aromatic carbocycles. The molecule has 1 amide bonds. The lowest BCUT2D eigenvalue weighted by Crippen LogP contribution is -2.55. The maximum atomic E-state index is 12.3. The maximum Gasteiger partial charge on any atom is 0.410 e. The number of nitrogens with zero attached hydrogens (tertiary/aromatic N) is 3. The zero-order chi connectivity index (χ0) is 23.0. The van der Waals surface area contributed by atoms with Gasteiger partial charge in [0.15, 0.2) is 0 Å². The Morgan fingerprint density at radius 2 is 1.91 bits per heavy atom. The monoisotopic (exact) mass is 447 g/mol. The molecule has 1 aromatic rings. The van der Waals surface area contributed by atoms with Gasteiger partial charge in [-0.15, -0.1) is 0 Å². The van der Waals surface area contributed by atoms with Crippen molar-refractivity contribution in [1.29, 1.82) is 0 Å². The van der Waals surface area contributed by atoms with E-state index in [0.29, 0.717) is 6.61 Å². The molecular formula is C25H41N3O4. The maximum absolute atomic E-state index is 12.3. The van der Waals surface area contributed by atoms with Crippen LogP contribution >= 0.6 is 0 Å². The molecule has 3 heterocycles. The van der Waals surface area contributed by atoms with Crippen LogP contribution in [0.1, 0.15) is 66.2 Å². The highest BCUT2D eigenvalue weighted by atomic mass is 16.6. The molecule has 180 valence electrons. The summed E-state index contributed by atoms with van der Waals surface area (Å²) in [5.41, 5.74) is 0.629. The number of rotatable bonds is 10. The van der Waals surface area contributed by atoms with Crippen molar-refractivity contribution in [3.8, 4) is 5.75 Å². The lowest BCUT2D eigenvalue weighted by Gasteiger charge is -2.41. The minimum Gasteiger partial charge on any atom is -0.490 e. The number of pyridine rings is 1. The molecule has 1 aromatic heterocycles. The molecule has 7 heteroatoms. The fourth-order valence-electron chi connectivity index (χ4n) is 4.10. The summed E-state index contributed by atoms with van der Waals surface area (Å²) in [5.74, 6) is 1.50. The second-order valence-electron chi connectivity index (χ2n) is 9.99. The van der Waals surface area contributed by atoms with Crippen molar-refractivity contribution in [1.82, 2.24) is 9.88 Å². The van der Waals surface area contributed by atoms with Crippen molar-refractivity contribution < 1.29 is 19.0 Å². The number of hydrogen-bond acceptors (Lipinski definition) is 6. The first-order chi connectivity index (χ1) is 15.4. The molecular weight excluding hydrogens is 406 g/mol. The molecule has 2 saturated heterocycles. The van der Waals surface area contributed by atoms with Crippen LogP contribution in [0.2, 0.25) is 0 Å². The summed E-state index contributed by atoms with van der Waals surface area (Å²) in [6.07, 6.45) is 10.2. The van der Waals surface area contributed by atoms with E-state index in [1.54, 1.807) is 11.1 Å². The van der Waals surface area contributed by atoms with Crippen molar-refractivity contribution >= 4 is 11.8 Å². The van der Waals surface area contributed by atoms with Crippen LogP contribution in [-0.4, -0.2) is 67.1 Å². The number of piperidine rings is 1. The van der Waals surface area contributed by atoms with E-state index in [4.69, 9.17) is 14.2 Å². The summed E-state index contributed by atoms with van der Waals surface area (Å²) in [5, 5.41) is 0. The summed E-state index contributed by atoms with van der Waals surface area (Å²) in [4.78, 5) is 20.8. The van der Waals surface area contributed by atoms with Crippen LogP contribution in [-0.2, 0) is 9.47 Å². The van der Waals surface area contributed by atoms with Gasteiger partial charge in [0.1, 0.15) is 18.0 Å². The van der Waals surface area contributed by atoms with Gasteiger partial charge in [0, 0.05) is 38.9 Å². The Labute approximate surface area is 193 Å². The first-order valence-electron chi connectivity index (χ1n) is 12.3. The number of carbonyl (C=O) groups is 1. The van der Waals surface area contributed by atoms with Crippen LogP contribution in [0, 0.1) is 5.92 Å². The molecule has 2 aliphatic rings. The van der Waals surface area contributed by atoms with Crippen LogP contribution in [0.25, 0.3) is 0 Å². The van der Waals surface area contributed by atoms with Gasteiger partial charge in [-0.25, -0.2) is 4.79 Å². The van der Waals surface area contributed by atoms with Crippen molar-refractivity contribution in [2.45, 2.75) is 77.9 Å². The largest absolute Gasteiger partial charge is 0.490 e. The highest BCUT2D eigenvalue weighted by Crippen LogP contribution is 2.28. The minimum atomic E-state index is -0.480. The van der Waals surface area contributed by atoms with Gasteiger partial charge in [-0.05, 0) is 58.8 Å². The summed E-state index contributed by atoms with van der Waals surface area (Å²) < 4.78 is 17.2. The van der Waals surface area contributed by atoms with Gasteiger partial charge in [-0.3, -0.25) is 4.98 Å². The zero-order valence-electron chi connectivity index (χ0n) is 20.3. The topological polar surface area (TPSA) is 64.1 Å². The smallest absolute Gasteiger partial charge is 0.410 e. The molecule has 2 aliphatic heterocycles. The average molecular weight is 448 g/mol. The first kappa shape index (κ1) is 24.6. The lowest BCUT2D eigenvalue weighted by molar-refractivity contribution is -0.0141. The summed E-state index contributed by atoms with van der Waals surface area (Å²) in [7, 11) is 0. The number of unbranched alkanes of at least 4 members (excludes halogenated alkanes) is 1. The van der Waals surface area contributed by atoms with Crippen molar-refractivity contribution in [3.05, 3.63) is 18.5 Å². The van der Waals surface area contributed by atoms with Gasteiger partial charge in [0.05, 0.1) is 24.1 Å². The molecule has 2 fully saturated rings. The standard InChI is InChI=1S/C25H41N3O4/c1-5-6-14-30-15-10-20-7-11-27(12-8-20)22-16-23(18-26-17-22)31-19-21-9-13-28(21)24(29)32-25(2,3)4/h16-18,20-21H,5-15,19H2,1-4H3/t21-/m1/s1. The van der Waals surface area contributed by atoms with Crippen LogP contribution in [0.4, 0.5) is 10.5 Å². The van der Waals surface area contributed by atoms with E-state index in [1.165, 1.54) is 19.3 Å². The van der Waals surface area contributed by atoms with Gasteiger partial charge in [0.2, 0.25) is 0 Å². The van der Waals surface area contributed by atoms with Crippen molar-refractivity contribution in [2.75, 3.05) is 44.4 Å². The second-order valence-corrected chi connectivity index (χ2v) is 9.99. The Balaban J connectivity index is 1.41. The Kier molecular flexibility index (Phi) is 9.02. The normalized spacial score (nSPS) is 19.6. The number of likely N-dealkylation sites (tertiary alicyclic amines) is 1. The number of anilines is 1. The Hall–Kier alpha value is -2.02. The van der Waals surface area contributed by atoms with Crippen molar-refractivity contribution in [3.63, 3.8) is 0 Å². The number of carbonyl (C=O) groups excluding carboxylic acids is 1. The molecule has 0 spiro atoms. The SMILES string of the molecule is CCCCOCCC1CCN(c2cncc(OC[C@H]3CCN3C(=O)OC(C)(C)C)c2)CC1. The third-order valence-electron chi connectivity index (χ3n) is 6.21. The van der Waals surface area contributed by atoms with Crippen LogP contribution in [0.15, 0.2) is 18.5 Å². The number of ether oxygens (including phenoxy) is 3. The Morgan fingerprint density at radius 3 is 2.56 bits per heavy atom. The number of amides is 1. The van der Waals surface area contributed by atoms with E-state index in [2.05, 4.69) is 22.9 Å². The van der Waals surface area contributed by atoms with Gasteiger partial charge in [-0.1, -0.05) is 13.3 Å². The van der Waals surface area contributed by atoms with Gasteiger partial charge in [-0.2, -0.15) is 0 Å². The third-order valence-corrected chi connectivity index (χ3v) is 6.21. The van der Waals surface area contributed by atoms with Crippen molar-refractivity contribution in [2.24, 2.45) is 5.92 Å². The first-order valence-corrected chi connectivity index (χ1v) is 12.3. The van der Waals surface area contributed by atoms with E-state index in [1.807, 2.05) is 27.0 Å². The predicted octanol–water partition coefficient (Wildman–Crippen LogP) is 4.89. The Bertz CT molecular complexity index is 713. The molecule has 0 saturated carbocycles. The zero-order valence-corrected chi connectivity index (χ0v) is 20.3. The fraction of sp³-hybridized carbons (Fsp3) is 0.760. The van der Waals surface area contributed by atoms with E-state index in [-0.39, 0.29) is 12.1 Å². The summed E-state index contributed by atoms with van der Waals surface area (Å²) in [6.45, 7) is 12.9. The minimum absolute atomic E-state index is 0.0591. The summed E-state index contributed by atoms with van der Waals surface area (Å²) >= 11 is 0. The Morgan fingerprint density at radius 1 is 1.12 bits per heavy atom. The third kappa shape index (κ3) is 7.54. The quantitative estimate of drug-likeness (QED) is 0.476. The number of hydrogen-bond donors (Lipinski definition) is 0. The van der Waals surface area contributed by atoms with Crippen LogP contribution in [0.5, 0.6) is 5.75 Å². The highest BCUT2D eigenvalue weighted by molar-refractivity contribution is 5.69. The molecule has 7 nitrogen and oxygen atoms in total. The average Bonchev–Trinajstić information content (AvgIpc) is 2.72. The highest BCUT2D eigenvalue weighted by Gasteiger charge is 2.35. The second kappa shape index (κ2) is 11.7. The van der Waals surface area contributed by atoms with Gasteiger partial charge < -0.3 is 24.0 Å². The molecule has 32 heavy (non-hydrogen) atoms. The number of aromatic nitrogens is 1. The predicted molar refractivity (Wildman–Crippen MR) is 126 cm³/mol. The molecule has 0 radical (unpaired) electrons. The molecule has 0 N–H and O–H groups in total. The molecule has 1 atom stereocenters. The van der Waals surface area contributed by atoms with E-state index in [0.717, 1.165) is 69.5 Å². The fourth-order valence-corrected chi connectivity index (χ4v) is 4.10. The summed E-state index contributed by atoms with van der Waals surface area (Å²) in [6, 6.07) is 2.13. The molecule has 0 aliphatic carbocycles. The lowest BCUT2D eigenvalue weighted by atomic mass is 9.94. The van der Waals surface area contributed by atoms with Gasteiger partial charge >= 0.3 is 6.09 Å². The van der Waals surface area contributed by atoms with E-state index < -0.39 is 5.60 Å². The molecule has 0 unspecified atom stereocenters. The van der Waals surface area contributed by atoms with E-state index in [9.17, 15) is 4.79 Å². The van der Waals surface area contributed by atoms with E-state index >= 15 is 0 Å². The molecule has 0 bridgehead atoms. The van der Waals surface area contributed by atoms with Gasteiger partial charge in [0.25, 0.3) is 0 Å². The molecule has 3 rings (SSSR count).